The minimum Gasteiger partial charge on any atom is -0.490 e. The second kappa shape index (κ2) is 8.27. The molecule has 0 unspecified atom stereocenters. The lowest BCUT2D eigenvalue weighted by molar-refractivity contribution is -0.143. The van der Waals surface area contributed by atoms with Crippen LogP contribution < -0.4 is 10.1 Å². The molecule has 1 amide bonds. The van der Waals surface area contributed by atoms with Gasteiger partial charge in [-0.3, -0.25) is 4.79 Å². The molecule has 0 saturated carbocycles. The van der Waals surface area contributed by atoms with Crippen LogP contribution in [0.1, 0.15) is 21.5 Å². The third-order valence-corrected chi connectivity index (χ3v) is 3.62. The SMILES string of the molecule is O=C(Nc1cc(C(F)(F)F)cc(C(F)(F)F)c1)c1cc(Cl)ccc1OCCO. The quantitative estimate of drug-likeness (QED) is 0.660. The Morgan fingerprint density at radius 3 is 2.07 bits per heavy atom. The van der Waals surface area contributed by atoms with E-state index < -0.39 is 35.1 Å². The van der Waals surface area contributed by atoms with Crippen LogP contribution in [-0.4, -0.2) is 24.2 Å². The van der Waals surface area contributed by atoms with E-state index in [1.54, 1.807) is 0 Å². The number of halogens is 7. The van der Waals surface area contributed by atoms with E-state index in [0.717, 1.165) is 6.07 Å². The number of nitrogens with one attached hydrogen (secondary N) is 1. The second-order valence-electron chi connectivity index (χ2n) is 5.46. The molecule has 0 aliphatic heterocycles. The van der Waals surface area contributed by atoms with Crippen molar-refractivity contribution < 1.29 is 41.0 Å². The Bertz CT molecular complexity index is 835. The summed E-state index contributed by atoms with van der Waals surface area (Å²) in [5.41, 5.74) is -4.08. The summed E-state index contributed by atoms with van der Waals surface area (Å²) in [6, 6.07) is 4.47. The Morgan fingerprint density at radius 1 is 1.00 bits per heavy atom. The Balaban J connectivity index is 2.42. The van der Waals surface area contributed by atoms with E-state index >= 15 is 0 Å². The molecule has 0 atom stereocenters. The molecule has 0 radical (unpaired) electrons. The first-order valence-electron chi connectivity index (χ1n) is 7.56. The van der Waals surface area contributed by atoms with Crippen LogP contribution in [0.4, 0.5) is 32.0 Å². The van der Waals surface area contributed by atoms with Gasteiger partial charge in [-0.1, -0.05) is 11.6 Å². The molecule has 2 aromatic carbocycles. The molecule has 4 nitrogen and oxygen atoms in total. The van der Waals surface area contributed by atoms with E-state index in [2.05, 4.69) is 0 Å². The maximum atomic E-state index is 12.9. The van der Waals surface area contributed by atoms with E-state index in [1.165, 1.54) is 12.1 Å². The van der Waals surface area contributed by atoms with Gasteiger partial charge in [0.1, 0.15) is 12.4 Å². The van der Waals surface area contributed by atoms with Crippen molar-refractivity contribution in [3.05, 3.63) is 58.1 Å². The zero-order valence-corrected chi connectivity index (χ0v) is 14.5. The average Bonchev–Trinajstić information content (AvgIpc) is 2.58. The number of ether oxygens (including phenoxy) is 1. The number of hydrogen-bond donors (Lipinski definition) is 2. The minimum atomic E-state index is -5.05. The summed E-state index contributed by atoms with van der Waals surface area (Å²) in [6.07, 6.45) is -10.1. The topological polar surface area (TPSA) is 58.6 Å². The van der Waals surface area contributed by atoms with Gasteiger partial charge in [-0.05, 0) is 36.4 Å². The van der Waals surface area contributed by atoms with Crippen molar-refractivity contribution in [3.8, 4) is 5.75 Å². The summed E-state index contributed by atoms with van der Waals surface area (Å²) in [5.74, 6) is -1.10. The van der Waals surface area contributed by atoms with E-state index in [0.29, 0.717) is 12.1 Å². The van der Waals surface area contributed by atoms with Crippen LogP contribution in [0.2, 0.25) is 5.02 Å². The highest BCUT2D eigenvalue weighted by Gasteiger charge is 2.37. The van der Waals surface area contributed by atoms with Crippen molar-refractivity contribution in [1.82, 2.24) is 0 Å². The van der Waals surface area contributed by atoms with Gasteiger partial charge in [0.25, 0.3) is 5.91 Å². The van der Waals surface area contributed by atoms with Gasteiger partial charge in [0.05, 0.1) is 23.3 Å². The molecule has 0 heterocycles. The molecule has 0 aromatic heterocycles. The normalized spacial score (nSPS) is 12.0. The number of hydrogen-bond acceptors (Lipinski definition) is 3. The van der Waals surface area contributed by atoms with Crippen molar-refractivity contribution in [1.29, 1.82) is 0 Å². The van der Waals surface area contributed by atoms with Crippen molar-refractivity contribution in [3.63, 3.8) is 0 Å². The molecule has 0 bridgehead atoms. The number of carbonyl (C=O) groups excluding carboxylic acids is 1. The molecule has 0 fully saturated rings. The van der Waals surface area contributed by atoms with Crippen LogP contribution in [0.5, 0.6) is 5.75 Å². The third-order valence-electron chi connectivity index (χ3n) is 3.38. The number of aliphatic hydroxyl groups excluding tert-OH is 1. The van der Waals surface area contributed by atoms with Crippen LogP contribution in [0.3, 0.4) is 0 Å². The fraction of sp³-hybridized carbons (Fsp3) is 0.235. The largest absolute Gasteiger partial charge is 0.490 e. The molecule has 0 aliphatic rings. The highest BCUT2D eigenvalue weighted by molar-refractivity contribution is 6.31. The van der Waals surface area contributed by atoms with Crippen molar-refractivity contribution in [2.45, 2.75) is 12.4 Å². The molecule has 2 aromatic rings. The third kappa shape index (κ3) is 5.52. The molecule has 0 aliphatic carbocycles. The molecule has 28 heavy (non-hydrogen) atoms. The predicted molar refractivity (Wildman–Crippen MR) is 88.4 cm³/mol. The summed E-state index contributed by atoms with van der Waals surface area (Å²) < 4.78 is 82.6. The van der Waals surface area contributed by atoms with E-state index in [1.807, 2.05) is 5.32 Å². The fourth-order valence-corrected chi connectivity index (χ4v) is 2.36. The molecular weight excluding hydrogens is 416 g/mol. The number of alkyl halides is 6. The van der Waals surface area contributed by atoms with Gasteiger partial charge >= 0.3 is 12.4 Å². The van der Waals surface area contributed by atoms with Crippen LogP contribution in [-0.2, 0) is 12.4 Å². The number of carbonyl (C=O) groups is 1. The minimum absolute atomic E-state index is 0.0508. The van der Waals surface area contributed by atoms with Crippen molar-refractivity contribution in [2.24, 2.45) is 0 Å². The maximum absolute atomic E-state index is 12.9. The molecule has 0 spiro atoms. The Hall–Kier alpha value is -2.46. The molecule has 0 saturated heterocycles. The van der Waals surface area contributed by atoms with Gasteiger partial charge in [0.15, 0.2) is 0 Å². The first kappa shape index (κ1) is 21.8. The molecule has 11 heteroatoms. The predicted octanol–water partition coefficient (Wildman–Crippen LogP) is 5.00. The van der Waals surface area contributed by atoms with Gasteiger partial charge < -0.3 is 15.2 Å². The fourth-order valence-electron chi connectivity index (χ4n) is 2.19. The number of aliphatic hydroxyl groups is 1. The van der Waals surface area contributed by atoms with Gasteiger partial charge in [0.2, 0.25) is 0 Å². The van der Waals surface area contributed by atoms with Crippen LogP contribution in [0.15, 0.2) is 36.4 Å². The lowest BCUT2D eigenvalue weighted by Crippen LogP contribution is -2.17. The van der Waals surface area contributed by atoms with E-state index in [9.17, 15) is 31.1 Å². The maximum Gasteiger partial charge on any atom is 0.416 e. The number of rotatable bonds is 5. The lowest BCUT2D eigenvalue weighted by atomic mass is 10.1. The Morgan fingerprint density at radius 2 is 1.57 bits per heavy atom. The first-order valence-corrected chi connectivity index (χ1v) is 7.93. The zero-order chi connectivity index (χ0) is 21.1. The number of amides is 1. The van der Waals surface area contributed by atoms with E-state index in [-0.39, 0.29) is 35.6 Å². The van der Waals surface area contributed by atoms with Gasteiger partial charge in [-0.25, -0.2) is 0 Å². The highest BCUT2D eigenvalue weighted by Crippen LogP contribution is 2.37. The number of benzene rings is 2. The summed E-state index contributed by atoms with van der Waals surface area (Å²) in [6.45, 7) is -0.573. The Labute approximate surface area is 159 Å². The molecule has 152 valence electrons. The van der Waals surface area contributed by atoms with Crippen LogP contribution in [0, 0.1) is 0 Å². The zero-order valence-electron chi connectivity index (χ0n) is 13.8. The van der Waals surface area contributed by atoms with Gasteiger partial charge in [-0.2, -0.15) is 26.3 Å². The van der Waals surface area contributed by atoms with E-state index in [4.69, 9.17) is 21.4 Å². The number of anilines is 1. The summed E-state index contributed by atoms with van der Waals surface area (Å²) in [5, 5.41) is 10.9. The standard InChI is InChI=1S/C17H12ClF6NO3/c18-11-1-2-14(28-4-3-26)13(8-11)15(27)25-12-6-9(16(19,20)21)5-10(7-12)17(22,23)24/h1-2,5-8,26H,3-4H2,(H,25,27). The van der Waals surface area contributed by atoms with Gasteiger partial charge in [-0.15, -0.1) is 0 Å². The smallest absolute Gasteiger partial charge is 0.416 e. The average molecular weight is 428 g/mol. The summed E-state index contributed by atoms with van der Waals surface area (Å²) >= 11 is 5.79. The Kier molecular flexibility index (Phi) is 6.45. The molecule has 2 N–H and O–H groups in total. The van der Waals surface area contributed by atoms with Gasteiger partial charge in [0, 0.05) is 10.7 Å². The molecular formula is C17H12ClF6NO3. The van der Waals surface area contributed by atoms with Crippen molar-refractivity contribution in [2.75, 3.05) is 18.5 Å². The van der Waals surface area contributed by atoms with Crippen molar-refractivity contribution >= 4 is 23.2 Å². The molecule has 2 rings (SSSR count). The summed E-state index contributed by atoms with van der Waals surface area (Å²) in [7, 11) is 0. The first-order chi connectivity index (χ1) is 12.9. The van der Waals surface area contributed by atoms with Crippen LogP contribution >= 0.6 is 11.6 Å². The lowest BCUT2D eigenvalue weighted by Gasteiger charge is -2.16. The second-order valence-corrected chi connectivity index (χ2v) is 5.90. The van der Waals surface area contributed by atoms with Crippen LogP contribution in [0.25, 0.3) is 0 Å². The monoisotopic (exact) mass is 427 g/mol. The highest BCUT2D eigenvalue weighted by atomic mass is 35.5. The summed E-state index contributed by atoms with van der Waals surface area (Å²) in [4.78, 5) is 12.4.